The van der Waals surface area contributed by atoms with Crippen LogP contribution in [-0.2, 0) is 0 Å². The van der Waals surface area contributed by atoms with Gasteiger partial charge in [0.2, 0.25) is 0 Å². The van der Waals surface area contributed by atoms with E-state index in [-0.39, 0.29) is 5.91 Å². The maximum absolute atomic E-state index is 11.9. The number of ether oxygens (including phenoxy) is 1. The largest absolute Gasteiger partial charge is 0.496 e. The summed E-state index contributed by atoms with van der Waals surface area (Å²) in [5.74, 6) is 0.278. The van der Waals surface area contributed by atoms with Crippen molar-refractivity contribution in [2.24, 2.45) is 0 Å². The lowest BCUT2D eigenvalue weighted by molar-refractivity contribution is 0.0950. The molecule has 0 bridgehead atoms. The highest BCUT2D eigenvalue weighted by molar-refractivity contribution is 6.31. The van der Waals surface area contributed by atoms with E-state index >= 15 is 0 Å². The fourth-order valence-electron chi connectivity index (χ4n) is 1.48. The van der Waals surface area contributed by atoms with Crippen LogP contribution in [0, 0.1) is 11.3 Å². The topological polar surface area (TPSA) is 62.1 Å². The molecule has 5 heteroatoms. The SMILES string of the molecule is COc1ccc(Cl)cc1C(=O)NCCCCC#N. The molecule has 0 atom stereocenters. The molecule has 1 aromatic rings. The Kier molecular flexibility index (Phi) is 6.03. The lowest BCUT2D eigenvalue weighted by atomic mass is 10.2. The van der Waals surface area contributed by atoms with Gasteiger partial charge in [0.05, 0.1) is 18.7 Å². The van der Waals surface area contributed by atoms with E-state index in [0.717, 1.165) is 12.8 Å². The smallest absolute Gasteiger partial charge is 0.255 e. The summed E-state index contributed by atoms with van der Waals surface area (Å²) in [4.78, 5) is 11.9. The summed E-state index contributed by atoms with van der Waals surface area (Å²) in [7, 11) is 1.51. The number of nitrogens with one attached hydrogen (secondary N) is 1. The summed E-state index contributed by atoms with van der Waals surface area (Å²) in [5, 5.41) is 11.6. The number of rotatable bonds is 6. The van der Waals surface area contributed by atoms with Gasteiger partial charge in [0, 0.05) is 18.0 Å². The molecule has 0 unspecified atom stereocenters. The average molecular weight is 267 g/mol. The van der Waals surface area contributed by atoms with Crippen LogP contribution in [0.2, 0.25) is 5.02 Å². The summed E-state index contributed by atoms with van der Waals surface area (Å²) >= 11 is 5.85. The van der Waals surface area contributed by atoms with Crippen LogP contribution in [-0.4, -0.2) is 19.6 Å². The Morgan fingerprint density at radius 2 is 2.28 bits per heavy atom. The highest BCUT2D eigenvalue weighted by Crippen LogP contribution is 2.22. The van der Waals surface area contributed by atoms with Crippen molar-refractivity contribution in [1.82, 2.24) is 5.32 Å². The molecule has 1 aromatic carbocycles. The normalized spacial score (nSPS) is 9.61. The predicted octanol–water partition coefficient (Wildman–Crippen LogP) is 2.77. The van der Waals surface area contributed by atoms with Crippen molar-refractivity contribution >= 4 is 17.5 Å². The summed E-state index contributed by atoms with van der Waals surface area (Å²) in [6.07, 6.45) is 2.07. The number of carbonyl (C=O) groups is 1. The minimum Gasteiger partial charge on any atom is -0.496 e. The first kappa shape index (κ1) is 14.3. The number of amides is 1. The van der Waals surface area contributed by atoms with Gasteiger partial charge < -0.3 is 10.1 Å². The molecule has 0 saturated heterocycles. The first-order valence-electron chi connectivity index (χ1n) is 5.67. The van der Waals surface area contributed by atoms with Gasteiger partial charge in [0.15, 0.2) is 0 Å². The standard InChI is InChI=1S/C13H15ClN2O2/c1-18-12-6-5-10(14)9-11(12)13(17)16-8-4-2-3-7-15/h5-6,9H,2-4,8H2,1H3,(H,16,17). The molecule has 4 nitrogen and oxygen atoms in total. The second kappa shape index (κ2) is 7.57. The molecule has 0 saturated carbocycles. The van der Waals surface area contributed by atoms with Crippen LogP contribution in [0.15, 0.2) is 18.2 Å². The van der Waals surface area contributed by atoms with Crippen LogP contribution >= 0.6 is 11.6 Å². The molecule has 0 fully saturated rings. The number of unbranched alkanes of at least 4 members (excludes halogenated alkanes) is 2. The highest BCUT2D eigenvalue weighted by Gasteiger charge is 2.11. The molecular formula is C13H15ClN2O2. The van der Waals surface area contributed by atoms with Crippen LogP contribution in [0.25, 0.3) is 0 Å². The van der Waals surface area contributed by atoms with Crippen LogP contribution < -0.4 is 10.1 Å². The summed E-state index contributed by atoms with van der Waals surface area (Å²) in [5.41, 5.74) is 0.422. The highest BCUT2D eigenvalue weighted by atomic mass is 35.5. The Labute approximate surface area is 112 Å². The third-order valence-corrected chi connectivity index (χ3v) is 2.64. The Hall–Kier alpha value is -1.73. The second-order valence-electron chi connectivity index (χ2n) is 3.72. The first-order chi connectivity index (χ1) is 8.69. The lowest BCUT2D eigenvalue weighted by Crippen LogP contribution is -2.24. The van der Waals surface area contributed by atoms with Gasteiger partial charge in [-0.05, 0) is 31.0 Å². The summed E-state index contributed by atoms with van der Waals surface area (Å²) < 4.78 is 5.10. The zero-order valence-corrected chi connectivity index (χ0v) is 11.0. The Morgan fingerprint density at radius 1 is 1.50 bits per heavy atom. The zero-order valence-electron chi connectivity index (χ0n) is 10.2. The van der Waals surface area contributed by atoms with Gasteiger partial charge in [-0.2, -0.15) is 5.26 Å². The minimum atomic E-state index is -0.216. The van der Waals surface area contributed by atoms with Crippen LogP contribution in [0.5, 0.6) is 5.75 Å². The van der Waals surface area contributed by atoms with E-state index in [0.29, 0.717) is 29.3 Å². The quantitative estimate of drug-likeness (QED) is 0.806. The average Bonchev–Trinajstić information content (AvgIpc) is 2.38. The van der Waals surface area contributed by atoms with Crippen molar-refractivity contribution in [2.75, 3.05) is 13.7 Å². The Balaban J connectivity index is 2.56. The van der Waals surface area contributed by atoms with Gasteiger partial charge >= 0.3 is 0 Å². The first-order valence-corrected chi connectivity index (χ1v) is 6.05. The van der Waals surface area contributed by atoms with Crippen molar-refractivity contribution < 1.29 is 9.53 Å². The van der Waals surface area contributed by atoms with Crippen molar-refractivity contribution in [3.8, 4) is 11.8 Å². The molecule has 1 N–H and O–H groups in total. The molecular weight excluding hydrogens is 252 g/mol. The van der Waals surface area contributed by atoms with E-state index < -0.39 is 0 Å². The van der Waals surface area contributed by atoms with Crippen LogP contribution in [0.3, 0.4) is 0 Å². The Bertz CT molecular complexity index is 455. The monoisotopic (exact) mass is 266 g/mol. The van der Waals surface area contributed by atoms with Gasteiger partial charge in [-0.15, -0.1) is 0 Å². The molecule has 0 heterocycles. The molecule has 0 aliphatic heterocycles. The molecule has 0 aliphatic carbocycles. The third-order valence-electron chi connectivity index (χ3n) is 2.41. The lowest BCUT2D eigenvalue weighted by Gasteiger charge is -2.09. The molecule has 96 valence electrons. The van der Waals surface area contributed by atoms with Gasteiger partial charge in [0.1, 0.15) is 5.75 Å². The molecule has 0 spiro atoms. The van der Waals surface area contributed by atoms with E-state index in [1.807, 2.05) is 0 Å². The van der Waals surface area contributed by atoms with Crippen molar-refractivity contribution in [2.45, 2.75) is 19.3 Å². The van der Waals surface area contributed by atoms with Crippen molar-refractivity contribution in [1.29, 1.82) is 5.26 Å². The number of nitriles is 1. The fourth-order valence-corrected chi connectivity index (χ4v) is 1.66. The maximum atomic E-state index is 11.9. The molecule has 1 amide bonds. The van der Waals surface area contributed by atoms with Crippen LogP contribution in [0.1, 0.15) is 29.6 Å². The molecule has 18 heavy (non-hydrogen) atoms. The second-order valence-corrected chi connectivity index (χ2v) is 4.15. The van der Waals surface area contributed by atoms with Gasteiger partial charge in [-0.25, -0.2) is 0 Å². The van der Waals surface area contributed by atoms with Gasteiger partial charge in [-0.3, -0.25) is 4.79 Å². The van der Waals surface area contributed by atoms with Gasteiger partial charge in [-0.1, -0.05) is 11.6 Å². The zero-order chi connectivity index (χ0) is 13.4. The summed E-state index contributed by atoms with van der Waals surface area (Å²) in [6.45, 7) is 0.538. The molecule has 0 radical (unpaired) electrons. The fraction of sp³-hybridized carbons (Fsp3) is 0.385. The number of nitrogens with zero attached hydrogens (tertiary/aromatic N) is 1. The number of benzene rings is 1. The number of halogens is 1. The number of carbonyl (C=O) groups excluding carboxylic acids is 1. The molecule has 0 aromatic heterocycles. The molecule has 1 rings (SSSR count). The Morgan fingerprint density at radius 3 is 2.94 bits per heavy atom. The number of hydrogen-bond acceptors (Lipinski definition) is 3. The number of hydrogen-bond donors (Lipinski definition) is 1. The van der Waals surface area contributed by atoms with E-state index in [2.05, 4.69) is 11.4 Å². The van der Waals surface area contributed by atoms with Crippen molar-refractivity contribution in [3.05, 3.63) is 28.8 Å². The maximum Gasteiger partial charge on any atom is 0.255 e. The van der Waals surface area contributed by atoms with E-state index in [1.54, 1.807) is 18.2 Å². The van der Waals surface area contributed by atoms with E-state index in [4.69, 9.17) is 21.6 Å². The summed E-state index contributed by atoms with van der Waals surface area (Å²) in [6, 6.07) is 6.97. The van der Waals surface area contributed by atoms with Crippen molar-refractivity contribution in [3.63, 3.8) is 0 Å². The van der Waals surface area contributed by atoms with E-state index in [1.165, 1.54) is 7.11 Å². The number of methoxy groups -OCH3 is 1. The molecule has 0 aliphatic rings. The van der Waals surface area contributed by atoms with Gasteiger partial charge in [0.25, 0.3) is 5.91 Å². The van der Waals surface area contributed by atoms with E-state index in [9.17, 15) is 4.79 Å². The van der Waals surface area contributed by atoms with Crippen LogP contribution in [0.4, 0.5) is 0 Å². The minimum absolute atomic E-state index is 0.216. The predicted molar refractivity (Wildman–Crippen MR) is 69.8 cm³/mol. The third kappa shape index (κ3) is 4.27.